The zero-order valence-corrected chi connectivity index (χ0v) is 11.4. The zero-order chi connectivity index (χ0) is 13.2. The first-order chi connectivity index (χ1) is 8.61. The van der Waals surface area contributed by atoms with Crippen LogP contribution in [0.4, 0.5) is 4.39 Å². The Morgan fingerprint density at radius 3 is 2.89 bits per heavy atom. The Hall–Kier alpha value is -0.970. The first kappa shape index (κ1) is 13.5. The number of hydrogen-bond donors (Lipinski definition) is 2. The molecule has 0 aliphatic carbocycles. The van der Waals surface area contributed by atoms with Crippen LogP contribution in [0.15, 0.2) is 29.6 Å². The summed E-state index contributed by atoms with van der Waals surface area (Å²) in [6.07, 6.45) is 0. The van der Waals surface area contributed by atoms with Crippen molar-refractivity contribution in [1.29, 1.82) is 0 Å². The number of aliphatic hydroxyl groups excluding tert-OH is 1. The maximum Gasteiger partial charge on any atom is 0.173 e. The van der Waals surface area contributed by atoms with Gasteiger partial charge in [0.05, 0.1) is 6.61 Å². The SMILES string of the molecule is CCNC(C)C(F)(CO)c1ccc2sccc2c1. The summed E-state index contributed by atoms with van der Waals surface area (Å²) in [6.45, 7) is 3.85. The Balaban J connectivity index is 2.41. The van der Waals surface area contributed by atoms with Crippen molar-refractivity contribution in [3.8, 4) is 0 Å². The van der Waals surface area contributed by atoms with Crippen LogP contribution in [-0.2, 0) is 5.67 Å². The molecule has 18 heavy (non-hydrogen) atoms. The standard InChI is InChI=1S/C14H18FNOS/c1-3-16-10(2)14(15,9-17)12-4-5-13-11(8-12)6-7-18-13/h4-8,10,16-17H,3,9H2,1-2H3. The molecule has 98 valence electrons. The Morgan fingerprint density at radius 2 is 2.22 bits per heavy atom. The van der Waals surface area contributed by atoms with Crippen molar-refractivity contribution in [1.82, 2.24) is 5.32 Å². The van der Waals surface area contributed by atoms with Gasteiger partial charge in [0, 0.05) is 10.7 Å². The van der Waals surface area contributed by atoms with Crippen LogP contribution in [0.1, 0.15) is 19.4 Å². The lowest BCUT2D eigenvalue weighted by atomic mass is 9.89. The molecule has 4 heteroatoms. The van der Waals surface area contributed by atoms with E-state index in [2.05, 4.69) is 5.32 Å². The molecule has 2 atom stereocenters. The Bertz CT molecular complexity index is 527. The van der Waals surface area contributed by atoms with E-state index in [0.717, 1.165) is 10.1 Å². The highest BCUT2D eigenvalue weighted by atomic mass is 32.1. The average Bonchev–Trinajstić information content (AvgIpc) is 2.85. The molecule has 2 unspecified atom stereocenters. The van der Waals surface area contributed by atoms with Crippen molar-refractivity contribution >= 4 is 21.4 Å². The summed E-state index contributed by atoms with van der Waals surface area (Å²) in [5.74, 6) is 0. The predicted octanol–water partition coefficient (Wildman–Crippen LogP) is 3.06. The second-order valence-corrected chi connectivity index (χ2v) is 5.42. The van der Waals surface area contributed by atoms with Gasteiger partial charge >= 0.3 is 0 Å². The van der Waals surface area contributed by atoms with E-state index in [9.17, 15) is 9.50 Å². The average molecular weight is 267 g/mol. The number of rotatable bonds is 5. The minimum atomic E-state index is -1.74. The third kappa shape index (κ3) is 2.28. The van der Waals surface area contributed by atoms with Crippen LogP contribution in [0.25, 0.3) is 10.1 Å². The van der Waals surface area contributed by atoms with Gasteiger partial charge in [-0.2, -0.15) is 0 Å². The van der Waals surface area contributed by atoms with Gasteiger partial charge in [0.25, 0.3) is 0 Å². The van der Waals surface area contributed by atoms with E-state index >= 15 is 0 Å². The molecule has 1 aromatic heterocycles. The van der Waals surface area contributed by atoms with E-state index in [4.69, 9.17) is 0 Å². The van der Waals surface area contributed by atoms with Crippen LogP contribution in [0.3, 0.4) is 0 Å². The van der Waals surface area contributed by atoms with Crippen LogP contribution >= 0.6 is 11.3 Å². The number of fused-ring (bicyclic) bond motifs is 1. The lowest BCUT2D eigenvalue weighted by Gasteiger charge is -2.30. The highest BCUT2D eigenvalue weighted by Gasteiger charge is 2.37. The van der Waals surface area contributed by atoms with E-state index in [1.165, 1.54) is 0 Å². The summed E-state index contributed by atoms with van der Waals surface area (Å²) >= 11 is 1.63. The van der Waals surface area contributed by atoms with Gasteiger partial charge in [-0.1, -0.05) is 13.0 Å². The predicted molar refractivity (Wildman–Crippen MR) is 74.8 cm³/mol. The van der Waals surface area contributed by atoms with E-state index in [0.29, 0.717) is 12.1 Å². The second-order valence-electron chi connectivity index (χ2n) is 4.47. The molecule has 1 aromatic carbocycles. The van der Waals surface area contributed by atoms with Gasteiger partial charge in [0.2, 0.25) is 0 Å². The lowest BCUT2D eigenvalue weighted by Crippen LogP contribution is -2.46. The number of hydrogen-bond acceptors (Lipinski definition) is 3. The largest absolute Gasteiger partial charge is 0.393 e. The molecule has 0 aliphatic rings. The van der Waals surface area contributed by atoms with Crippen LogP contribution in [0.5, 0.6) is 0 Å². The minimum Gasteiger partial charge on any atom is -0.393 e. The second kappa shape index (κ2) is 5.34. The number of aliphatic hydroxyl groups is 1. The Kier molecular flexibility index (Phi) is 4.00. The Labute approximate surface area is 110 Å². The molecule has 0 aliphatic heterocycles. The number of nitrogens with one attached hydrogen (secondary N) is 1. The number of likely N-dealkylation sites (N-methyl/N-ethyl adjacent to an activating group) is 1. The fourth-order valence-corrected chi connectivity index (χ4v) is 2.94. The molecular weight excluding hydrogens is 249 g/mol. The van der Waals surface area contributed by atoms with E-state index in [1.807, 2.05) is 30.5 Å². The zero-order valence-electron chi connectivity index (χ0n) is 10.6. The highest BCUT2D eigenvalue weighted by molar-refractivity contribution is 7.17. The smallest absolute Gasteiger partial charge is 0.173 e. The van der Waals surface area contributed by atoms with E-state index in [1.54, 1.807) is 24.3 Å². The summed E-state index contributed by atoms with van der Waals surface area (Å²) in [5, 5.41) is 15.5. The molecule has 2 aromatic rings. The van der Waals surface area contributed by atoms with Gasteiger partial charge < -0.3 is 10.4 Å². The molecule has 0 fully saturated rings. The number of benzene rings is 1. The summed E-state index contributed by atoms with van der Waals surface area (Å²) in [7, 11) is 0. The third-order valence-electron chi connectivity index (χ3n) is 3.36. The molecule has 0 amide bonds. The molecule has 2 rings (SSSR count). The van der Waals surface area contributed by atoms with Crippen molar-refractivity contribution in [3.05, 3.63) is 35.2 Å². The summed E-state index contributed by atoms with van der Waals surface area (Å²) in [4.78, 5) is 0. The van der Waals surface area contributed by atoms with Gasteiger partial charge in [-0.3, -0.25) is 0 Å². The van der Waals surface area contributed by atoms with Gasteiger partial charge in [-0.15, -0.1) is 11.3 Å². The molecule has 0 radical (unpaired) electrons. The maximum absolute atomic E-state index is 15.0. The molecule has 2 nitrogen and oxygen atoms in total. The fraction of sp³-hybridized carbons (Fsp3) is 0.429. The van der Waals surface area contributed by atoms with Gasteiger partial charge in [-0.05, 0) is 48.0 Å². The molecule has 0 spiro atoms. The number of alkyl halides is 1. The van der Waals surface area contributed by atoms with Gasteiger partial charge in [0.1, 0.15) is 0 Å². The summed E-state index contributed by atoms with van der Waals surface area (Å²) in [6, 6.07) is 7.05. The molecular formula is C14H18FNOS. The lowest BCUT2D eigenvalue weighted by molar-refractivity contribution is 0.0371. The summed E-state index contributed by atoms with van der Waals surface area (Å²) < 4.78 is 16.1. The minimum absolute atomic E-state index is 0.427. The summed E-state index contributed by atoms with van der Waals surface area (Å²) in [5.41, 5.74) is -1.21. The highest BCUT2D eigenvalue weighted by Crippen LogP contribution is 2.33. The first-order valence-electron chi connectivity index (χ1n) is 6.12. The normalized spacial score (nSPS) is 16.7. The molecule has 0 saturated carbocycles. The molecule has 1 heterocycles. The van der Waals surface area contributed by atoms with Crippen LogP contribution in [-0.4, -0.2) is 24.3 Å². The van der Waals surface area contributed by atoms with Crippen molar-refractivity contribution in [3.63, 3.8) is 0 Å². The third-order valence-corrected chi connectivity index (χ3v) is 4.26. The quantitative estimate of drug-likeness (QED) is 0.872. The van der Waals surface area contributed by atoms with Crippen molar-refractivity contribution in [2.45, 2.75) is 25.6 Å². The topological polar surface area (TPSA) is 32.3 Å². The number of halogens is 1. The van der Waals surface area contributed by atoms with Crippen molar-refractivity contribution < 1.29 is 9.50 Å². The van der Waals surface area contributed by atoms with Crippen LogP contribution in [0, 0.1) is 0 Å². The van der Waals surface area contributed by atoms with E-state index < -0.39 is 18.3 Å². The monoisotopic (exact) mass is 267 g/mol. The van der Waals surface area contributed by atoms with Gasteiger partial charge in [-0.25, -0.2) is 4.39 Å². The van der Waals surface area contributed by atoms with Gasteiger partial charge in [0.15, 0.2) is 5.67 Å². The molecule has 0 saturated heterocycles. The molecule has 0 bridgehead atoms. The van der Waals surface area contributed by atoms with Crippen LogP contribution < -0.4 is 5.32 Å². The van der Waals surface area contributed by atoms with Crippen LogP contribution in [0.2, 0.25) is 0 Å². The first-order valence-corrected chi connectivity index (χ1v) is 7.00. The number of thiophene rings is 1. The fourth-order valence-electron chi connectivity index (χ4n) is 2.17. The molecule has 2 N–H and O–H groups in total. The maximum atomic E-state index is 15.0. The van der Waals surface area contributed by atoms with Crippen molar-refractivity contribution in [2.24, 2.45) is 0 Å². The van der Waals surface area contributed by atoms with E-state index in [-0.39, 0.29) is 0 Å². The Morgan fingerprint density at radius 1 is 1.44 bits per heavy atom. The van der Waals surface area contributed by atoms with Crippen molar-refractivity contribution in [2.75, 3.05) is 13.2 Å².